The van der Waals surface area contributed by atoms with Gasteiger partial charge in [-0.3, -0.25) is 14.4 Å². The molecule has 0 saturated carbocycles. The molecular formula is C32H38N4O6. The van der Waals surface area contributed by atoms with E-state index >= 15 is 0 Å². The van der Waals surface area contributed by atoms with Gasteiger partial charge in [-0.15, -0.1) is 0 Å². The number of carboxylic acids is 1. The molecule has 0 atom stereocenters. The predicted molar refractivity (Wildman–Crippen MR) is 163 cm³/mol. The molecule has 0 unspecified atom stereocenters. The van der Waals surface area contributed by atoms with Gasteiger partial charge in [-0.1, -0.05) is 43.7 Å². The number of aryl methyl sites for hydroxylation is 2. The summed E-state index contributed by atoms with van der Waals surface area (Å²) in [6.45, 7) is 5.85. The monoisotopic (exact) mass is 574 g/mol. The first kappa shape index (κ1) is 31.7. The fourth-order valence-corrected chi connectivity index (χ4v) is 4.38. The maximum atomic E-state index is 13.3. The zero-order valence-corrected chi connectivity index (χ0v) is 24.5. The van der Waals surface area contributed by atoms with Crippen molar-refractivity contribution in [2.24, 2.45) is 0 Å². The summed E-state index contributed by atoms with van der Waals surface area (Å²) in [5.74, 6) is -1.19. The standard InChI is InChI=1S/C32H38N4O6/c1-5-6-14-36(29(37)20-33-32(41)34-25-11-9-10-24(18-25)19-31(39)40)27-12-7-8-13-28(27)42-21-30(38)35(4)26-16-22(2)15-23(3)17-26/h7-13,15-18H,5-6,14,19-21H2,1-4H3,(H,39,40)(H2,33,34,41). The number of hydrogen-bond acceptors (Lipinski definition) is 5. The number of ether oxygens (including phenoxy) is 1. The largest absolute Gasteiger partial charge is 0.482 e. The van der Waals surface area contributed by atoms with Gasteiger partial charge < -0.3 is 30.3 Å². The van der Waals surface area contributed by atoms with Gasteiger partial charge in [0.25, 0.3) is 5.91 Å². The summed E-state index contributed by atoms with van der Waals surface area (Å²) in [6.07, 6.45) is 1.39. The second kappa shape index (κ2) is 15.2. The number of rotatable bonds is 13. The summed E-state index contributed by atoms with van der Waals surface area (Å²) in [5, 5.41) is 14.2. The highest BCUT2D eigenvalue weighted by molar-refractivity contribution is 5.99. The van der Waals surface area contributed by atoms with Crippen molar-refractivity contribution in [3.8, 4) is 5.75 Å². The van der Waals surface area contributed by atoms with Gasteiger partial charge in [-0.05, 0) is 73.4 Å². The number of urea groups is 1. The van der Waals surface area contributed by atoms with Crippen LogP contribution in [-0.2, 0) is 20.8 Å². The molecule has 0 aliphatic heterocycles. The number of benzene rings is 3. The van der Waals surface area contributed by atoms with E-state index in [0.29, 0.717) is 29.2 Å². The normalized spacial score (nSPS) is 10.5. The molecule has 222 valence electrons. The van der Waals surface area contributed by atoms with E-state index in [1.807, 2.05) is 39.0 Å². The van der Waals surface area contributed by atoms with Crippen LogP contribution in [0, 0.1) is 13.8 Å². The van der Waals surface area contributed by atoms with Crippen LogP contribution < -0.4 is 25.2 Å². The Hall–Kier alpha value is -4.86. The Kier molecular flexibility index (Phi) is 11.5. The van der Waals surface area contributed by atoms with Gasteiger partial charge in [0.15, 0.2) is 6.61 Å². The van der Waals surface area contributed by atoms with Crippen LogP contribution in [0.25, 0.3) is 0 Å². The molecule has 0 saturated heterocycles. The summed E-state index contributed by atoms with van der Waals surface area (Å²) in [5.41, 5.74) is 4.33. The lowest BCUT2D eigenvalue weighted by Crippen LogP contribution is -2.42. The van der Waals surface area contributed by atoms with E-state index in [0.717, 1.165) is 29.7 Å². The Morgan fingerprint density at radius 1 is 0.905 bits per heavy atom. The van der Waals surface area contributed by atoms with Crippen LogP contribution in [0.1, 0.15) is 36.5 Å². The maximum absolute atomic E-state index is 13.3. The Bertz CT molecular complexity index is 1400. The van der Waals surface area contributed by atoms with E-state index in [1.54, 1.807) is 65.4 Å². The fourth-order valence-electron chi connectivity index (χ4n) is 4.38. The molecule has 0 heterocycles. The number of nitrogens with one attached hydrogen (secondary N) is 2. The Morgan fingerprint density at radius 3 is 2.31 bits per heavy atom. The van der Waals surface area contributed by atoms with Gasteiger partial charge in [0.1, 0.15) is 5.75 Å². The van der Waals surface area contributed by atoms with Crippen molar-refractivity contribution in [3.63, 3.8) is 0 Å². The number of para-hydroxylation sites is 2. The minimum absolute atomic E-state index is 0.170. The number of aliphatic carboxylic acids is 1. The predicted octanol–water partition coefficient (Wildman–Crippen LogP) is 4.93. The third-order valence-corrected chi connectivity index (χ3v) is 6.45. The Labute approximate surface area is 246 Å². The third kappa shape index (κ3) is 9.36. The molecule has 0 spiro atoms. The van der Waals surface area contributed by atoms with Gasteiger partial charge in [0.2, 0.25) is 5.91 Å². The minimum Gasteiger partial charge on any atom is -0.482 e. The van der Waals surface area contributed by atoms with Gasteiger partial charge in [-0.2, -0.15) is 0 Å². The third-order valence-electron chi connectivity index (χ3n) is 6.45. The van der Waals surface area contributed by atoms with Crippen LogP contribution in [0.3, 0.4) is 0 Å². The second-order valence-electron chi connectivity index (χ2n) is 10.0. The summed E-state index contributed by atoms with van der Waals surface area (Å²) in [7, 11) is 1.70. The first-order valence-electron chi connectivity index (χ1n) is 13.8. The smallest absolute Gasteiger partial charge is 0.319 e. The summed E-state index contributed by atoms with van der Waals surface area (Å²) in [6, 6.07) is 18.8. The number of nitrogens with zero attached hydrogens (tertiary/aromatic N) is 2. The van der Waals surface area contributed by atoms with Crippen LogP contribution in [0.15, 0.2) is 66.7 Å². The molecule has 3 rings (SSSR count). The van der Waals surface area contributed by atoms with Crippen LogP contribution in [-0.4, -0.2) is 55.7 Å². The lowest BCUT2D eigenvalue weighted by molar-refractivity contribution is -0.136. The highest BCUT2D eigenvalue weighted by Crippen LogP contribution is 2.29. The topological polar surface area (TPSA) is 128 Å². The number of hydrogen-bond donors (Lipinski definition) is 3. The van der Waals surface area contributed by atoms with E-state index in [-0.39, 0.29) is 31.4 Å². The molecular weight excluding hydrogens is 536 g/mol. The van der Waals surface area contributed by atoms with Gasteiger partial charge in [-0.25, -0.2) is 4.79 Å². The first-order chi connectivity index (χ1) is 20.1. The molecule has 10 heteroatoms. The lowest BCUT2D eigenvalue weighted by Gasteiger charge is -2.26. The average Bonchev–Trinajstić information content (AvgIpc) is 2.94. The molecule has 0 radical (unpaired) electrons. The van der Waals surface area contributed by atoms with Crippen LogP contribution in [0.5, 0.6) is 5.75 Å². The Balaban J connectivity index is 1.67. The molecule has 0 fully saturated rings. The maximum Gasteiger partial charge on any atom is 0.319 e. The van der Waals surface area contributed by atoms with Gasteiger partial charge in [0, 0.05) is 25.0 Å². The van der Waals surface area contributed by atoms with Crippen molar-refractivity contribution in [2.75, 3.05) is 41.9 Å². The van der Waals surface area contributed by atoms with Crippen molar-refractivity contribution in [1.82, 2.24) is 5.32 Å². The summed E-state index contributed by atoms with van der Waals surface area (Å²) >= 11 is 0. The summed E-state index contributed by atoms with van der Waals surface area (Å²) < 4.78 is 5.93. The van der Waals surface area contributed by atoms with E-state index in [9.17, 15) is 19.2 Å². The van der Waals surface area contributed by atoms with E-state index in [4.69, 9.17) is 9.84 Å². The molecule has 42 heavy (non-hydrogen) atoms. The quantitative estimate of drug-likeness (QED) is 0.266. The number of anilines is 3. The molecule has 3 aromatic rings. The SMILES string of the molecule is CCCCN(C(=O)CNC(=O)Nc1cccc(CC(=O)O)c1)c1ccccc1OCC(=O)N(C)c1cc(C)cc(C)c1. The Morgan fingerprint density at radius 2 is 1.62 bits per heavy atom. The van der Waals surface area contributed by atoms with Gasteiger partial charge >= 0.3 is 12.0 Å². The molecule has 4 amide bonds. The number of unbranched alkanes of at least 4 members (excludes halogenated alkanes) is 1. The van der Waals surface area contributed by atoms with Crippen molar-refractivity contribution in [2.45, 2.75) is 40.0 Å². The lowest BCUT2D eigenvalue weighted by atomic mass is 10.1. The first-order valence-corrected chi connectivity index (χ1v) is 13.8. The minimum atomic E-state index is -0.976. The van der Waals surface area contributed by atoms with Crippen molar-refractivity contribution in [1.29, 1.82) is 0 Å². The molecule has 0 aliphatic carbocycles. The van der Waals surface area contributed by atoms with Crippen molar-refractivity contribution >= 4 is 40.9 Å². The van der Waals surface area contributed by atoms with Crippen molar-refractivity contribution < 1.29 is 29.0 Å². The zero-order valence-electron chi connectivity index (χ0n) is 24.5. The van der Waals surface area contributed by atoms with Crippen molar-refractivity contribution in [3.05, 3.63) is 83.4 Å². The van der Waals surface area contributed by atoms with E-state index < -0.39 is 12.0 Å². The molecule has 3 aromatic carbocycles. The molecule has 10 nitrogen and oxygen atoms in total. The number of carbonyl (C=O) groups is 4. The fraction of sp³-hybridized carbons (Fsp3) is 0.312. The average molecular weight is 575 g/mol. The number of carbonyl (C=O) groups excluding carboxylic acids is 3. The number of likely N-dealkylation sites (N-methyl/N-ethyl adjacent to an activating group) is 1. The van der Waals surface area contributed by atoms with Crippen LogP contribution in [0.2, 0.25) is 0 Å². The highest BCUT2D eigenvalue weighted by Gasteiger charge is 2.21. The van der Waals surface area contributed by atoms with Crippen LogP contribution >= 0.6 is 0 Å². The summed E-state index contributed by atoms with van der Waals surface area (Å²) in [4.78, 5) is 52.9. The van der Waals surface area contributed by atoms with E-state index in [2.05, 4.69) is 10.6 Å². The number of amides is 4. The molecule has 0 aliphatic rings. The zero-order chi connectivity index (χ0) is 30.6. The number of carboxylic acid groups (broad SMARTS) is 1. The molecule has 3 N–H and O–H groups in total. The molecule has 0 bridgehead atoms. The van der Waals surface area contributed by atoms with E-state index in [1.165, 1.54) is 0 Å². The van der Waals surface area contributed by atoms with Crippen LogP contribution in [0.4, 0.5) is 21.9 Å². The second-order valence-corrected chi connectivity index (χ2v) is 10.0. The highest BCUT2D eigenvalue weighted by atomic mass is 16.5. The van der Waals surface area contributed by atoms with Gasteiger partial charge in [0.05, 0.1) is 18.7 Å². The molecule has 0 aromatic heterocycles.